The fourth-order valence-electron chi connectivity index (χ4n) is 5.40. The molecule has 5 rings (SSSR count). The first-order valence-electron chi connectivity index (χ1n) is 24.7. The molecule has 0 aromatic heterocycles. The van der Waals surface area contributed by atoms with E-state index in [1.165, 1.54) is 54.5 Å². The largest absolute Gasteiger partial charge is 1.00 e. The maximum Gasteiger partial charge on any atom is 1.00 e. The molecular weight excluding hydrogens is 1530 g/mol. The van der Waals surface area contributed by atoms with Crippen LogP contribution in [0.25, 0.3) is 5.59 Å². The van der Waals surface area contributed by atoms with Gasteiger partial charge in [-0.25, -0.2) is 33.7 Å². The number of carbonyl (C=O) groups is 4. The maximum atomic E-state index is 12.0. The van der Waals surface area contributed by atoms with E-state index in [1.807, 2.05) is 19.4 Å². The smallest absolute Gasteiger partial charge is 0.488 e. The number of aliphatic carboxylic acids is 1. The summed E-state index contributed by atoms with van der Waals surface area (Å²) >= 11 is 13.2. The molecule has 6 N–H and O–H groups in total. The molecule has 0 aliphatic carbocycles. The van der Waals surface area contributed by atoms with E-state index in [1.54, 1.807) is 84.3 Å². The Morgan fingerprint density at radius 2 is 0.871 bits per heavy atom. The number of ether oxygens (including phenoxy) is 3. The van der Waals surface area contributed by atoms with Crippen molar-refractivity contribution in [2.24, 2.45) is 11.6 Å². The van der Waals surface area contributed by atoms with Gasteiger partial charge in [0, 0.05) is 62.3 Å². The number of carboxylic acids is 1. The zero-order valence-corrected chi connectivity index (χ0v) is 63.2. The third-order valence-electron chi connectivity index (χ3n) is 9.72. The minimum Gasteiger partial charge on any atom is -0.488 e. The molecule has 0 spiro atoms. The molecule has 21 nitrogen and oxygen atoms in total. The van der Waals surface area contributed by atoms with Gasteiger partial charge in [-0.2, -0.15) is 0 Å². The molecule has 1 aliphatic heterocycles. The number of esters is 2. The van der Waals surface area contributed by atoms with Crippen molar-refractivity contribution in [2.45, 2.75) is 113 Å². The number of carbonyl (C=O) groups excluding carboxylic acids is 3. The Morgan fingerprint density at radius 3 is 1.11 bits per heavy atom. The number of carboxylic acid groups (broad SMARTS) is 1. The van der Waals surface area contributed by atoms with E-state index in [9.17, 15) is 52.8 Å². The Morgan fingerprint density at radius 1 is 0.588 bits per heavy atom. The SMILES string of the molecule is C1CCOC1.CCC.CCOC(=O)CCS(=O)(=O)c1ccc(Br)c(C)c1.CCOC(=O)CN.Cc1cc(S(=O)(=O)CCC(=O)N(C)C)ccc1Br.Cc1cc(S(=O)(=O)CCC(=O)O)ccc1Br.Cc1cc(S(=O)(=O)Cl)ccc1Br.Cl.Cl.N[N-]O.[Na+]. The molecule has 0 saturated carbocycles. The second-order valence-corrected chi connectivity index (χ2v) is 29.2. The van der Waals surface area contributed by atoms with Crippen LogP contribution in [-0.4, -0.2) is 137 Å². The molecule has 33 heteroatoms. The predicted molar refractivity (Wildman–Crippen MR) is 347 cm³/mol. The van der Waals surface area contributed by atoms with E-state index >= 15 is 0 Å². The molecule has 0 atom stereocenters. The van der Waals surface area contributed by atoms with Crippen molar-refractivity contribution >= 4 is 162 Å². The average Bonchev–Trinajstić information content (AvgIpc) is 4.02. The van der Waals surface area contributed by atoms with Crippen LogP contribution in [0, 0.1) is 27.7 Å². The van der Waals surface area contributed by atoms with E-state index in [2.05, 4.69) is 88.1 Å². The zero-order valence-electron chi connectivity index (χ0n) is 49.2. The second-order valence-electron chi connectivity index (χ2n) is 16.9. The van der Waals surface area contributed by atoms with Gasteiger partial charge in [-0.3, -0.25) is 19.2 Å². The molecule has 85 heavy (non-hydrogen) atoms. The van der Waals surface area contributed by atoms with Crippen LogP contribution < -0.4 is 41.1 Å². The Kier molecular flexibility index (Phi) is 56.4. The van der Waals surface area contributed by atoms with E-state index in [0.717, 1.165) is 53.4 Å². The molecule has 1 saturated heterocycles. The number of rotatable bonds is 16. The van der Waals surface area contributed by atoms with Crippen molar-refractivity contribution in [1.82, 2.24) is 4.90 Å². The molecule has 1 aliphatic rings. The minimum absolute atomic E-state index is 0. The number of amides is 1. The number of halogens is 7. The van der Waals surface area contributed by atoms with E-state index in [-0.39, 0.29) is 136 Å². The summed E-state index contributed by atoms with van der Waals surface area (Å²) in [5, 5.41) is 15.4. The Hall–Kier alpha value is -1.85. The third-order valence-corrected chi connectivity index (χ3v) is 19.8. The quantitative estimate of drug-likeness (QED) is 0.0269. The molecule has 1 amide bonds. The molecule has 1 fully saturated rings. The summed E-state index contributed by atoms with van der Waals surface area (Å²) < 4.78 is 111. The van der Waals surface area contributed by atoms with Gasteiger partial charge >= 0.3 is 47.5 Å². The molecule has 0 unspecified atom stereocenters. The standard InChI is InChI=1S/C12H16BrNO3S.C12H15BrO4S.C10H11BrO4S.C7H6BrClO2S.C4H9NO2.C4H8O.C3H8.2ClH.H3N2O.Na/c1-9-8-10(4-5-11(9)13)18(16,17)7-6-12(15)14(2)3;1-3-17-12(14)6-7-18(15,16)10-4-5-11(13)9(2)8-10;1-7-6-8(2-3-9(7)11)16(14,15)5-4-10(12)13;1-5-4-6(12(9,10)11)2-3-7(5)8;1-2-7-4(6)3-5;1-2-4-5-3-1;1-3-2;;;1-2-3;/h4-5,8H,6-7H2,1-3H3;4-5,8H,3,6-7H2,1-2H3;2-3,6H,4-5H2,1H3,(H,12,13);2-4H,1H3;2-3,5H2,1H3;1-4H2;3H2,1-2H3;2*1H;3H,1H2;/q;;;;;;;;;-1;+1. The van der Waals surface area contributed by atoms with Gasteiger partial charge in [-0.15, -0.1) is 24.8 Å². The van der Waals surface area contributed by atoms with Crippen LogP contribution in [0.1, 0.15) is 88.5 Å². The van der Waals surface area contributed by atoms with Gasteiger partial charge in [-0.05, 0) is 149 Å². The van der Waals surface area contributed by atoms with Crippen molar-refractivity contribution in [1.29, 1.82) is 0 Å². The van der Waals surface area contributed by atoms with Gasteiger partial charge in [-0.1, -0.05) is 84.0 Å². The summed E-state index contributed by atoms with van der Waals surface area (Å²) in [6, 6.07) is 18.9. The molecule has 482 valence electrons. The van der Waals surface area contributed by atoms with Crippen molar-refractivity contribution in [3.8, 4) is 0 Å². The van der Waals surface area contributed by atoms with Gasteiger partial charge in [0.1, 0.15) is 0 Å². The molecule has 0 bridgehead atoms. The fraction of sp³-hybridized carbons (Fsp3) is 0.462. The van der Waals surface area contributed by atoms with Crippen LogP contribution in [0.2, 0.25) is 0 Å². The second kappa shape index (κ2) is 50.8. The number of sulfone groups is 3. The van der Waals surface area contributed by atoms with Crippen LogP contribution in [0.5, 0.6) is 0 Å². The van der Waals surface area contributed by atoms with E-state index < -0.39 is 50.5 Å². The first-order chi connectivity index (χ1) is 38.0. The number of aryl methyl sites for hydroxylation is 4. The molecular formula is C52H78Br4Cl3N4NaO17S4. The van der Waals surface area contributed by atoms with Crippen molar-refractivity contribution in [3.05, 3.63) is 119 Å². The average molecular weight is 1610 g/mol. The summed E-state index contributed by atoms with van der Waals surface area (Å²) in [4.78, 5) is 45.1. The van der Waals surface area contributed by atoms with Crippen LogP contribution in [-0.2, 0) is 72.0 Å². The van der Waals surface area contributed by atoms with E-state index in [4.69, 9.17) is 36.2 Å². The van der Waals surface area contributed by atoms with Gasteiger partial charge in [0.05, 0.1) is 69.4 Å². The van der Waals surface area contributed by atoms with Crippen LogP contribution in [0.15, 0.2) is 110 Å². The third kappa shape index (κ3) is 44.3. The van der Waals surface area contributed by atoms with Crippen LogP contribution in [0.4, 0.5) is 0 Å². The summed E-state index contributed by atoms with van der Waals surface area (Å²) in [7, 11) is -5.56. The number of nitrogens with two attached hydrogens (primary N) is 2. The number of hydrogen-bond acceptors (Lipinski definition) is 18. The normalized spacial score (nSPS) is 11.1. The van der Waals surface area contributed by atoms with Crippen LogP contribution >= 0.6 is 99.2 Å². The molecule has 1 heterocycles. The van der Waals surface area contributed by atoms with E-state index in [0.29, 0.717) is 6.61 Å². The van der Waals surface area contributed by atoms with Crippen LogP contribution in [0.3, 0.4) is 0 Å². The molecule has 4 aromatic carbocycles. The fourth-order valence-corrected chi connectivity index (χ4v) is 11.1. The summed E-state index contributed by atoms with van der Waals surface area (Å²) in [6.07, 6.45) is 3.31. The molecule has 4 aromatic rings. The summed E-state index contributed by atoms with van der Waals surface area (Å²) in [5.41, 5.74) is 10.2. The predicted octanol–water partition coefficient (Wildman–Crippen LogP) is 8.38. The topological polar surface area (TPSA) is 342 Å². The van der Waals surface area contributed by atoms with Gasteiger partial charge in [0.15, 0.2) is 29.5 Å². The van der Waals surface area contributed by atoms with Crippen molar-refractivity contribution < 1.29 is 107 Å². The maximum absolute atomic E-state index is 12.0. The van der Waals surface area contributed by atoms with Gasteiger partial charge < -0.3 is 46.6 Å². The van der Waals surface area contributed by atoms with Crippen molar-refractivity contribution in [3.63, 3.8) is 0 Å². The van der Waals surface area contributed by atoms with Gasteiger partial charge in [0.25, 0.3) is 9.05 Å². The van der Waals surface area contributed by atoms with Gasteiger partial charge in [0.2, 0.25) is 5.91 Å². The monoisotopic (exact) mass is 1600 g/mol. The van der Waals surface area contributed by atoms with Crippen molar-refractivity contribution in [2.75, 3.05) is 64.3 Å². The summed E-state index contributed by atoms with van der Waals surface area (Å²) in [6.45, 7) is 17.6. The number of hydrogen-bond donors (Lipinski definition) is 4. The summed E-state index contributed by atoms with van der Waals surface area (Å²) in [5.74, 6) is 1.13. The first-order valence-corrected chi connectivity index (χ1v) is 35.1. The minimum atomic E-state index is -3.59. The number of benzene rings is 4. The number of nitrogens with zero attached hydrogens (tertiary/aromatic N) is 2. The Labute approximate surface area is 575 Å². The molecule has 0 radical (unpaired) electrons. The Bertz CT molecular complexity index is 3070. The Balaban J connectivity index is -0.000000222. The first kappa shape index (κ1) is 94.3. The zero-order chi connectivity index (χ0) is 64.0.